The van der Waals surface area contributed by atoms with Gasteiger partial charge in [-0.2, -0.15) is 0 Å². The first-order valence-corrected chi connectivity index (χ1v) is 8.08. The highest BCUT2D eigenvalue weighted by atomic mass is 16.4. The van der Waals surface area contributed by atoms with E-state index in [1.54, 1.807) is 0 Å². The normalized spacial score (nSPS) is 23.4. The molecule has 2 fully saturated rings. The van der Waals surface area contributed by atoms with E-state index < -0.39 is 5.97 Å². The van der Waals surface area contributed by atoms with Gasteiger partial charge in [0, 0.05) is 19.5 Å². The van der Waals surface area contributed by atoms with Crippen molar-refractivity contribution in [3.63, 3.8) is 0 Å². The summed E-state index contributed by atoms with van der Waals surface area (Å²) in [5.74, 6) is -0.0313. The van der Waals surface area contributed by atoms with E-state index in [0.29, 0.717) is 17.8 Å². The number of carboxylic acids is 1. The molecule has 1 N–H and O–H groups in total. The molecule has 2 aliphatic rings. The van der Waals surface area contributed by atoms with Gasteiger partial charge in [-0.1, -0.05) is 32.6 Å². The van der Waals surface area contributed by atoms with E-state index in [2.05, 4.69) is 11.8 Å². The predicted octanol–water partition coefficient (Wildman–Crippen LogP) is 3.53. The third-order valence-electron chi connectivity index (χ3n) is 5.10. The van der Waals surface area contributed by atoms with Crippen molar-refractivity contribution >= 4 is 5.97 Å². The van der Waals surface area contributed by atoms with Gasteiger partial charge in [-0.05, 0) is 43.6 Å². The first-order valence-electron chi connectivity index (χ1n) is 8.08. The van der Waals surface area contributed by atoms with E-state index in [1.807, 2.05) is 0 Å². The van der Waals surface area contributed by atoms with Gasteiger partial charge in [0.1, 0.15) is 0 Å². The topological polar surface area (TPSA) is 40.5 Å². The van der Waals surface area contributed by atoms with E-state index in [1.165, 1.54) is 64.6 Å². The Kier molecular flexibility index (Phi) is 5.26. The van der Waals surface area contributed by atoms with Crippen LogP contribution in [-0.4, -0.2) is 35.6 Å². The van der Waals surface area contributed by atoms with Gasteiger partial charge in [0.25, 0.3) is 0 Å². The van der Waals surface area contributed by atoms with Crippen molar-refractivity contribution in [2.45, 2.75) is 64.7 Å². The lowest BCUT2D eigenvalue weighted by Gasteiger charge is -2.49. The summed E-state index contributed by atoms with van der Waals surface area (Å²) < 4.78 is 0. The standard InChI is InChI=1S/C16H29NO2/c1-2-5-14(6-7-15(18)19)8-11-17-12-16(13-17)9-3-4-10-16/h14H,2-13H2,1H3,(H,18,19). The Hall–Kier alpha value is -0.570. The van der Waals surface area contributed by atoms with Crippen LogP contribution in [0.25, 0.3) is 0 Å². The van der Waals surface area contributed by atoms with Gasteiger partial charge < -0.3 is 10.0 Å². The highest BCUT2D eigenvalue weighted by Crippen LogP contribution is 2.45. The Labute approximate surface area is 117 Å². The lowest BCUT2D eigenvalue weighted by molar-refractivity contribution is -0.137. The van der Waals surface area contributed by atoms with Crippen LogP contribution in [0.1, 0.15) is 64.7 Å². The van der Waals surface area contributed by atoms with Crippen molar-refractivity contribution in [2.24, 2.45) is 11.3 Å². The molecule has 19 heavy (non-hydrogen) atoms. The van der Waals surface area contributed by atoms with Crippen molar-refractivity contribution in [2.75, 3.05) is 19.6 Å². The van der Waals surface area contributed by atoms with Gasteiger partial charge in [-0.25, -0.2) is 0 Å². The molecule has 110 valence electrons. The Morgan fingerprint density at radius 2 is 1.89 bits per heavy atom. The lowest BCUT2D eigenvalue weighted by atomic mass is 9.78. The van der Waals surface area contributed by atoms with Crippen LogP contribution in [0.15, 0.2) is 0 Å². The van der Waals surface area contributed by atoms with Crippen LogP contribution >= 0.6 is 0 Å². The molecule has 1 unspecified atom stereocenters. The molecule has 0 aromatic rings. The van der Waals surface area contributed by atoms with E-state index >= 15 is 0 Å². The molecule has 1 saturated carbocycles. The molecule has 0 radical (unpaired) electrons. The zero-order chi connectivity index (χ0) is 13.7. The Bertz CT molecular complexity index is 289. The third kappa shape index (κ3) is 4.20. The van der Waals surface area contributed by atoms with Gasteiger partial charge in [0.05, 0.1) is 0 Å². The lowest BCUT2D eigenvalue weighted by Crippen LogP contribution is -2.55. The van der Waals surface area contributed by atoms with Crippen LogP contribution in [0, 0.1) is 11.3 Å². The third-order valence-corrected chi connectivity index (χ3v) is 5.10. The second-order valence-electron chi connectivity index (χ2n) is 6.79. The molecule has 1 spiro atoms. The van der Waals surface area contributed by atoms with Crippen LogP contribution in [0.3, 0.4) is 0 Å². The fourth-order valence-corrected chi connectivity index (χ4v) is 4.04. The number of rotatable bonds is 8. The fourth-order valence-electron chi connectivity index (χ4n) is 4.04. The molecule has 1 aliphatic heterocycles. The molecule has 0 amide bonds. The summed E-state index contributed by atoms with van der Waals surface area (Å²) in [5.41, 5.74) is 0.696. The second-order valence-corrected chi connectivity index (χ2v) is 6.79. The smallest absolute Gasteiger partial charge is 0.303 e. The first kappa shape index (κ1) is 14.8. The van der Waals surface area contributed by atoms with E-state index in [4.69, 9.17) is 5.11 Å². The fraction of sp³-hybridized carbons (Fsp3) is 0.938. The number of likely N-dealkylation sites (tertiary alicyclic amines) is 1. The van der Waals surface area contributed by atoms with Crippen molar-refractivity contribution in [3.05, 3.63) is 0 Å². The Morgan fingerprint density at radius 1 is 1.21 bits per heavy atom. The van der Waals surface area contributed by atoms with Gasteiger partial charge >= 0.3 is 5.97 Å². The van der Waals surface area contributed by atoms with Gasteiger partial charge in [0.15, 0.2) is 0 Å². The summed E-state index contributed by atoms with van der Waals surface area (Å²) >= 11 is 0. The summed E-state index contributed by atoms with van der Waals surface area (Å²) in [4.78, 5) is 13.3. The zero-order valence-electron chi connectivity index (χ0n) is 12.4. The molecular weight excluding hydrogens is 238 g/mol. The van der Waals surface area contributed by atoms with E-state index in [9.17, 15) is 4.79 Å². The maximum absolute atomic E-state index is 10.7. The van der Waals surface area contributed by atoms with Crippen molar-refractivity contribution in [3.8, 4) is 0 Å². The summed E-state index contributed by atoms with van der Waals surface area (Å²) in [6, 6.07) is 0. The second kappa shape index (κ2) is 6.74. The molecule has 0 bridgehead atoms. The van der Waals surface area contributed by atoms with Crippen LogP contribution in [0.2, 0.25) is 0 Å². The molecular formula is C16H29NO2. The number of hydrogen-bond acceptors (Lipinski definition) is 2. The van der Waals surface area contributed by atoms with Crippen LogP contribution in [0.5, 0.6) is 0 Å². The van der Waals surface area contributed by atoms with Crippen molar-refractivity contribution in [1.29, 1.82) is 0 Å². The molecule has 1 aliphatic carbocycles. The maximum Gasteiger partial charge on any atom is 0.303 e. The summed E-state index contributed by atoms with van der Waals surface area (Å²) in [7, 11) is 0. The van der Waals surface area contributed by atoms with Crippen LogP contribution in [0.4, 0.5) is 0 Å². The van der Waals surface area contributed by atoms with Crippen LogP contribution < -0.4 is 0 Å². The van der Waals surface area contributed by atoms with Crippen molar-refractivity contribution in [1.82, 2.24) is 4.90 Å². The molecule has 3 nitrogen and oxygen atoms in total. The molecule has 2 rings (SSSR count). The minimum atomic E-state index is -0.644. The number of aliphatic carboxylic acids is 1. The minimum absolute atomic E-state index is 0.342. The minimum Gasteiger partial charge on any atom is -0.481 e. The van der Waals surface area contributed by atoms with E-state index in [0.717, 1.165) is 6.42 Å². The maximum atomic E-state index is 10.7. The number of nitrogens with zero attached hydrogens (tertiary/aromatic N) is 1. The Balaban J connectivity index is 1.63. The number of carbonyl (C=O) groups is 1. The highest BCUT2D eigenvalue weighted by Gasteiger charge is 2.44. The largest absolute Gasteiger partial charge is 0.481 e. The molecule has 3 heteroatoms. The Morgan fingerprint density at radius 3 is 2.47 bits per heavy atom. The molecule has 0 aromatic heterocycles. The van der Waals surface area contributed by atoms with E-state index in [-0.39, 0.29) is 0 Å². The first-order chi connectivity index (χ1) is 9.13. The van der Waals surface area contributed by atoms with Crippen molar-refractivity contribution < 1.29 is 9.90 Å². The zero-order valence-corrected chi connectivity index (χ0v) is 12.4. The average Bonchev–Trinajstić information content (AvgIpc) is 2.80. The number of hydrogen-bond donors (Lipinski definition) is 1. The molecule has 1 heterocycles. The number of carboxylic acid groups (broad SMARTS) is 1. The quantitative estimate of drug-likeness (QED) is 0.731. The molecule has 0 aromatic carbocycles. The molecule has 1 saturated heterocycles. The molecule has 1 atom stereocenters. The average molecular weight is 267 g/mol. The SMILES string of the molecule is CCCC(CCC(=O)O)CCN1CC2(CCCC2)C1. The highest BCUT2D eigenvalue weighted by molar-refractivity contribution is 5.66. The predicted molar refractivity (Wildman–Crippen MR) is 77.2 cm³/mol. The van der Waals surface area contributed by atoms with Gasteiger partial charge in [-0.3, -0.25) is 4.79 Å². The summed E-state index contributed by atoms with van der Waals surface area (Å²) in [6.07, 6.45) is 10.5. The summed E-state index contributed by atoms with van der Waals surface area (Å²) in [6.45, 7) is 6.01. The van der Waals surface area contributed by atoms with Gasteiger partial charge in [0.2, 0.25) is 0 Å². The van der Waals surface area contributed by atoms with Gasteiger partial charge in [-0.15, -0.1) is 0 Å². The van der Waals surface area contributed by atoms with Crippen LogP contribution in [-0.2, 0) is 4.79 Å². The monoisotopic (exact) mass is 267 g/mol. The summed E-state index contributed by atoms with van der Waals surface area (Å²) in [5, 5.41) is 8.79.